The van der Waals surface area contributed by atoms with Gasteiger partial charge in [-0.25, -0.2) is 8.42 Å². The normalized spacial score (nSPS) is 12.0. The molecule has 0 radical (unpaired) electrons. The highest BCUT2D eigenvalue weighted by Crippen LogP contribution is 2.23. The lowest BCUT2D eigenvalue weighted by Crippen LogP contribution is -2.51. The highest BCUT2D eigenvalue weighted by atomic mass is 32.2. The summed E-state index contributed by atoms with van der Waals surface area (Å²) in [4.78, 5) is 29.1. The molecule has 0 aliphatic rings. The Morgan fingerprint density at radius 2 is 1.48 bits per heavy atom. The van der Waals surface area contributed by atoms with Crippen LogP contribution in [-0.2, 0) is 32.6 Å². The van der Waals surface area contributed by atoms with Crippen molar-refractivity contribution in [1.29, 1.82) is 0 Å². The topological polar surface area (TPSA) is 96.0 Å². The average molecular weight is 594 g/mol. The summed E-state index contributed by atoms with van der Waals surface area (Å²) in [5.41, 5.74) is 2.36. The Kier molecular flexibility index (Phi) is 12.4. The predicted octanol–water partition coefficient (Wildman–Crippen LogP) is 5.04. The third-order valence-electron chi connectivity index (χ3n) is 6.74. The van der Waals surface area contributed by atoms with Crippen LogP contribution in [0.4, 0.5) is 5.69 Å². The molecular formula is C33H43N3O5S. The van der Waals surface area contributed by atoms with E-state index in [1.165, 1.54) is 4.31 Å². The molecule has 0 aliphatic carbocycles. The fourth-order valence-electron chi connectivity index (χ4n) is 4.64. The van der Waals surface area contributed by atoms with Gasteiger partial charge in [-0.3, -0.25) is 13.9 Å². The average Bonchev–Trinajstić information content (AvgIpc) is 2.97. The molecule has 0 saturated carbocycles. The van der Waals surface area contributed by atoms with Crippen molar-refractivity contribution in [2.45, 2.75) is 52.6 Å². The van der Waals surface area contributed by atoms with E-state index in [1.807, 2.05) is 81.4 Å². The zero-order chi connectivity index (χ0) is 30.5. The maximum Gasteiger partial charge on any atom is 0.243 e. The zero-order valence-electron chi connectivity index (χ0n) is 25.0. The van der Waals surface area contributed by atoms with E-state index in [1.54, 1.807) is 29.2 Å². The molecule has 3 aromatic carbocycles. The number of carbonyl (C=O) groups excluding carboxylic acids is 2. The van der Waals surface area contributed by atoms with Crippen LogP contribution >= 0.6 is 0 Å². The van der Waals surface area contributed by atoms with Gasteiger partial charge in [0.15, 0.2) is 0 Å². The quantitative estimate of drug-likeness (QED) is 0.251. The Morgan fingerprint density at radius 3 is 2.02 bits per heavy atom. The molecule has 0 saturated heterocycles. The monoisotopic (exact) mass is 593 g/mol. The number of rotatable bonds is 16. The number of nitrogens with one attached hydrogen (secondary N) is 1. The van der Waals surface area contributed by atoms with Crippen molar-refractivity contribution < 1.29 is 22.7 Å². The number of ether oxygens (including phenoxy) is 1. The molecule has 42 heavy (non-hydrogen) atoms. The lowest BCUT2D eigenvalue weighted by molar-refractivity contribution is -0.141. The molecule has 9 heteroatoms. The van der Waals surface area contributed by atoms with Crippen molar-refractivity contribution in [2.75, 3.05) is 30.3 Å². The summed E-state index contributed by atoms with van der Waals surface area (Å²) in [6, 6.07) is 25.4. The van der Waals surface area contributed by atoms with Gasteiger partial charge in [-0.1, -0.05) is 74.5 Å². The van der Waals surface area contributed by atoms with E-state index in [0.29, 0.717) is 31.0 Å². The lowest BCUT2D eigenvalue weighted by atomic mass is 10.0. The number of sulfonamides is 1. The van der Waals surface area contributed by atoms with Crippen LogP contribution in [0.2, 0.25) is 0 Å². The van der Waals surface area contributed by atoms with Gasteiger partial charge in [0.1, 0.15) is 11.8 Å². The SMILES string of the molecule is CCOc1ccc(N(CCCC(=O)N(Cc2ccccc2)[C@H](Cc2ccccc2)C(=O)NCC(C)C)S(C)(=O)=O)cc1. The number of nitrogens with zero attached hydrogens (tertiary/aromatic N) is 2. The van der Waals surface area contributed by atoms with Crippen LogP contribution in [0.1, 0.15) is 44.7 Å². The van der Waals surface area contributed by atoms with Crippen LogP contribution in [-0.4, -0.2) is 57.1 Å². The van der Waals surface area contributed by atoms with Crippen molar-refractivity contribution in [2.24, 2.45) is 5.92 Å². The fourth-order valence-corrected chi connectivity index (χ4v) is 5.60. The van der Waals surface area contributed by atoms with Gasteiger partial charge in [0.25, 0.3) is 0 Å². The molecular weight excluding hydrogens is 550 g/mol. The minimum atomic E-state index is -3.59. The summed E-state index contributed by atoms with van der Waals surface area (Å²) in [7, 11) is -3.59. The van der Waals surface area contributed by atoms with Gasteiger partial charge in [0.2, 0.25) is 21.8 Å². The number of benzene rings is 3. The number of hydrogen-bond donors (Lipinski definition) is 1. The largest absolute Gasteiger partial charge is 0.494 e. The summed E-state index contributed by atoms with van der Waals surface area (Å²) < 4.78 is 32.1. The Morgan fingerprint density at radius 1 is 0.881 bits per heavy atom. The van der Waals surface area contributed by atoms with E-state index in [-0.39, 0.29) is 43.7 Å². The summed E-state index contributed by atoms with van der Waals surface area (Å²) >= 11 is 0. The first kappa shape index (κ1) is 32.7. The summed E-state index contributed by atoms with van der Waals surface area (Å²) in [5, 5.41) is 3.02. The van der Waals surface area contributed by atoms with Crippen molar-refractivity contribution in [3.8, 4) is 5.75 Å². The predicted molar refractivity (Wildman–Crippen MR) is 168 cm³/mol. The van der Waals surface area contributed by atoms with Gasteiger partial charge in [-0.15, -0.1) is 0 Å². The second-order valence-corrected chi connectivity index (χ2v) is 12.6. The van der Waals surface area contributed by atoms with Crippen molar-refractivity contribution in [3.05, 3.63) is 96.1 Å². The first-order chi connectivity index (χ1) is 20.1. The molecule has 1 atom stereocenters. The Hall–Kier alpha value is -3.85. The third kappa shape index (κ3) is 10.2. The molecule has 0 aromatic heterocycles. The van der Waals surface area contributed by atoms with Gasteiger partial charge in [-0.2, -0.15) is 0 Å². The third-order valence-corrected chi connectivity index (χ3v) is 7.93. The minimum Gasteiger partial charge on any atom is -0.494 e. The van der Waals surface area contributed by atoms with Gasteiger partial charge in [-0.05, 0) is 54.7 Å². The maximum atomic E-state index is 13.9. The van der Waals surface area contributed by atoms with Crippen LogP contribution in [0.3, 0.4) is 0 Å². The molecule has 2 amide bonds. The summed E-state index contributed by atoms with van der Waals surface area (Å²) in [5.74, 6) is 0.499. The fraction of sp³-hybridized carbons (Fsp3) is 0.394. The molecule has 0 fully saturated rings. The molecule has 0 spiro atoms. The molecule has 8 nitrogen and oxygen atoms in total. The first-order valence-electron chi connectivity index (χ1n) is 14.4. The van der Waals surface area contributed by atoms with E-state index >= 15 is 0 Å². The van der Waals surface area contributed by atoms with Crippen LogP contribution < -0.4 is 14.4 Å². The smallest absolute Gasteiger partial charge is 0.243 e. The number of carbonyl (C=O) groups is 2. The number of anilines is 1. The van der Waals surface area contributed by atoms with Crippen LogP contribution in [0.5, 0.6) is 5.75 Å². The molecule has 3 rings (SSSR count). The van der Waals surface area contributed by atoms with Crippen molar-refractivity contribution in [1.82, 2.24) is 10.2 Å². The van der Waals surface area contributed by atoms with Gasteiger partial charge in [0.05, 0.1) is 18.6 Å². The Labute approximate surface area is 250 Å². The van der Waals surface area contributed by atoms with Crippen LogP contribution in [0.15, 0.2) is 84.9 Å². The maximum absolute atomic E-state index is 13.9. The first-order valence-corrected chi connectivity index (χ1v) is 16.3. The van der Waals surface area contributed by atoms with Gasteiger partial charge in [0, 0.05) is 32.5 Å². The van der Waals surface area contributed by atoms with Crippen LogP contribution in [0.25, 0.3) is 0 Å². The second kappa shape index (κ2) is 16.0. The van der Waals surface area contributed by atoms with Gasteiger partial charge < -0.3 is 15.0 Å². The van der Waals surface area contributed by atoms with E-state index in [9.17, 15) is 18.0 Å². The highest BCUT2D eigenvalue weighted by molar-refractivity contribution is 7.92. The van der Waals surface area contributed by atoms with E-state index < -0.39 is 16.1 Å². The minimum absolute atomic E-state index is 0.0820. The summed E-state index contributed by atoms with van der Waals surface area (Å²) in [6.45, 7) is 7.34. The summed E-state index contributed by atoms with van der Waals surface area (Å²) in [6.07, 6.45) is 1.89. The molecule has 1 N–H and O–H groups in total. The molecule has 226 valence electrons. The van der Waals surface area contributed by atoms with Crippen LogP contribution in [0, 0.1) is 5.92 Å². The zero-order valence-corrected chi connectivity index (χ0v) is 25.8. The molecule has 0 aliphatic heterocycles. The molecule has 3 aromatic rings. The van der Waals surface area contributed by atoms with Crippen molar-refractivity contribution >= 4 is 27.5 Å². The Bertz CT molecular complexity index is 1360. The lowest BCUT2D eigenvalue weighted by Gasteiger charge is -2.32. The molecule has 0 unspecified atom stereocenters. The standard InChI is InChI=1S/C33H43N3O5S/c1-5-41-30-20-18-29(19-21-30)36(42(4,39)40)22-12-17-32(37)35(25-28-15-10-7-11-16-28)31(33(38)34-24-26(2)3)23-27-13-8-6-9-14-27/h6-11,13-16,18-21,26,31H,5,12,17,22-25H2,1-4H3,(H,34,38)/t31-/m1/s1. The van der Waals surface area contributed by atoms with E-state index in [0.717, 1.165) is 17.4 Å². The van der Waals surface area contributed by atoms with E-state index in [4.69, 9.17) is 4.74 Å². The number of amides is 2. The van der Waals surface area contributed by atoms with Crippen molar-refractivity contribution in [3.63, 3.8) is 0 Å². The Balaban J connectivity index is 1.83. The number of hydrogen-bond acceptors (Lipinski definition) is 5. The molecule has 0 bridgehead atoms. The molecule has 0 heterocycles. The highest BCUT2D eigenvalue weighted by Gasteiger charge is 2.30. The van der Waals surface area contributed by atoms with E-state index in [2.05, 4.69) is 5.32 Å². The second-order valence-electron chi connectivity index (χ2n) is 10.7. The van der Waals surface area contributed by atoms with Gasteiger partial charge >= 0.3 is 0 Å².